The molecule has 0 aliphatic carbocycles. The van der Waals surface area contributed by atoms with Crippen molar-refractivity contribution < 1.29 is 9.15 Å². The number of ether oxygens (including phenoxy) is 1. The van der Waals surface area contributed by atoms with Crippen molar-refractivity contribution in [2.45, 2.75) is 13.0 Å². The molecular weight excluding hydrogens is 446 g/mol. The zero-order valence-electron chi connectivity index (χ0n) is 13.9. The van der Waals surface area contributed by atoms with Crippen LogP contribution in [0.2, 0.25) is 0 Å². The highest BCUT2D eigenvalue weighted by Gasteiger charge is 2.09. The first-order valence-corrected chi connectivity index (χ1v) is 9.62. The number of hydrogen-bond acceptors (Lipinski definition) is 3. The van der Waals surface area contributed by atoms with Gasteiger partial charge in [0, 0.05) is 14.5 Å². The second kappa shape index (κ2) is 8.70. The predicted octanol–water partition coefficient (Wildman–Crippen LogP) is 5.81. The average Bonchev–Trinajstić information content (AvgIpc) is 3.07. The van der Waals surface area contributed by atoms with Crippen LogP contribution >= 0.6 is 31.9 Å². The predicted molar refractivity (Wildman–Crippen MR) is 108 cm³/mol. The van der Waals surface area contributed by atoms with Crippen LogP contribution < -0.4 is 10.1 Å². The second-order valence-corrected chi connectivity index (χ2v) is 7.40. The molecule has 5 heteroatoms. The van der Waals surface area contributed by atoms with Crippen LogP contribution in [-0.2, 0) is 13.0 Å². The fourth-order valence-electron chi connectivity index (χ4n) is 2.65. The molecule has 0 bridgehead atoms. The Morgan fingerprint density at radius 1 is 1.04 bits per heavy atom. The summed E-state index contributed by atoms with van der Waals surface area (Å²) < 4.78 is 13.4. The number of furan rings is 1. The minimum absolute atomic E-state index is 0.698. The summed E-state index contributed by atoms with van der Waals surface area (Å²) in [5.74, 6) is 2.72. The molecule has 1 aromatic heterocycles. The first-order valence-electron chi connectivity index (χ1n) is 8.04. The number of rotatable bonds is 7. The lowest BCUT2D eigenvalue weighted by Gasteiger charge is -2.08. The molecule has 0 fully saturated rings. The van der Waals surface area contributed by atoms with Crippen molar-refractivity contribution in [2.24, 2.45) is 0 Å². The van der Waals surface area contributed by atoms with Gasteiger partial charge in [-0.2, -0.15) is 0 Å². The minimum Gasteiger partial charge on any atom is -0.496 e. The summed E-state index contributed by atoms with van der Waals surface area (Å²) in [4.78, 5) is 0. The molecule has 0 saturated carbocycles. The molecule has 0 radical (unpaired) electrons. The molecule has 3 rings (SSSR count). The third kappa shape index (κ3) is 4.75. The zero-order chi connectivity index (χ0) is 17.6. The average molecular weight is 465 g/mol. The Morgan fingerprint density at radius 3 is 2.68 bits per heavy atom. The van der Waals surface area contributed by atoms with Crippen LogP contribution in [0.4, 0.5) is 0 Å². The molecule has 1 heterocycles. The van der Waals surface area contributed by atoms with E-state index in [2.05, 4.69) is 43.2 Å². The maximum atomic E-state index is 5.96. The first kappa shape index (κ1) is 18.2. The van der Waals surface area contributed by atoms with E-state index in [4.69, 9.17) is 9.15 Å². The molecule has 2 aromatic carbocycles. The first-order chi connectivity index (χ1) is 12.2. The van der Waals surface area contributed by atoms with E-state index in [-0.39, 0.29) is 0 Å². The molecule has 0 aliphatic rings. The van der Waals surface area contributed by atoms with Crippen LogP contribution in [0, 0.1) is 0 Å². The summed E-state index contributed by atoms with van der Waals surface area (Å²) in [5.41, 5.74) is 2.25. The monoisotopic (exact) mass is 463 g/mol. The van der Waals surface area contributed by atoms with Gasteiger partial charge in [-0.1, -0.05) is 34.1 Å². The topological polar surface area (TPSA) is 34.4 Å². The van der Waals surface area contributed by atoms with Gasteiger partial charge in [0.15, 0.2) is 0 Å². The largest absolute Gasteiger partial charge is 0.496 e. The van der Waals surface area contributed by atoms with E-state index in [1.54, 1.807) is 7.11 Å². The van der Waals surface area contributed by atoms with Crippen LogP contribution in [0.3, 0.4) is 0 Å². The molecule has 0 aliphatic heterocycles. The van der Waals surface area contributed by atoms with E-state index in [9.17, 15) is 0 Å². The van der Waals surface area contributed by atoms with E-state index in [0.29, 0.717) is 6.54 Å². The molecule has 0 spiro atoms. The molecule has 0 amide bonds. The summed E-state index contributed by atoms with van der Waals surface area (Å²) in [6.45, 7) is 1.56. The van der Waals surface area contributed by atoms with Crippen LogP contribution in [-0.4, -0.2) is 13.7 Å². The van der Waals surface area contributed by atoms with E-state index in [0.717, 1.165) is 44.7 Å². The summed E-state index contributed by atoms with van der Waals surface area (Å²) in [6.07, 6.45) is 0.913. The van der Waals surface area contributed by atoms with Gasteiger partial charge < -0.3 is 14.5 Å². The SMILES string of the molecule is COc1ccccc1CCNCc1ccc(-c2ccc(Br)cc2Br)o1. The van der Waals surface area contributed by atoms with Gasteiger partial charge in [-0.25, -0.2) is 0 Å². The lowest BCUT2D eigenvalue weighted by Crippen LogP contribution is -2.16. The van der Waals surface area contributed by atoms with Crippen LogP contribution in [0.15, 0.2) is 68.0 Å². The zero-order valence-corrected chi connectivity index (χ0v) is 17.1. The fraction of sp³-hybridized carbons (Fsp3) is 0.200. The van der Waals surface area contributed by atoms with Gasteiger partial charge in [-0.15, -0.1) is 0 Å². The van der Waals surface area contributed by atoms with Gasteiger partial charge in [-0.3, -0.25) is 0 Å². The lowest BCUT2D eigenvalue weighted by molar-refractivity contribution is 0.408. The maximum Gasteiger partial charge on any atom is 0.135 e. The molecule has 0 unspecified atom stereocenters. The minimum atomic E-state index is 0.698. The van der Waals surface area contributed by atoms with Crippen molar-refractivity contribution in [1.29, 1.82) is 0 Å². The van der Waals surface area contributed by atoms with E-state index < -0.39 is 0 Å². The summed E-state index contributed by atoms with van der Waals surface area (Å²) >= 11 is 7.04. The summed E-state index contributed by atoms with van der Waals surface area (Å²) in [5, 5.41) is 3.42. The Balaban J connectivity index is 1.55. The summed E-state index contributed by atoms with van der Waals surface area (Å²) in [7, 11) is 1.71. The third-order valence-corrected chi connectivity index (χ3v) is 5.07. The van der Waals surface area contributed by atoms with Crippen molar-refractivity contribution in [3.8, 4) is 17.1 Å². The normalized spacial score (nSPS) is 10.8. The van der Waals surface area contributed by atoms with E-state index >= 15 is 0 Å². The molecule has 3 aromatic rings. The van der Waals surface area contributed by atoms with Gasteiger partial charge in [0.1, 0.15) is 17.3 Å². The van der Waals surface area contributed by atoms with Crippen molar-refractivity contribution >= 4 is 31.9 Å². The van der Waals surface area contributed by atoms with Crippen LogP contribution in [0.5, 0.6) is 5.75 Å². The molecule has 3 nitrogen and oxygen atoms in total. The third-order valence-electron chi connectivity index (χ3n) is 3.92. The smallest absolute Gasteiger partial charge is 0.135 e. The number of nitrogens with one attached hydrogen (secondary N) is 1. The Morgan fingerprint density at radius 2 is 1.88 bits per heavy atom. The van der Waals surface area contributed by atoms with E-state index in [1.165, 1.54) is 5.56 Å². The van der Waals surface area contributed by atoms with Crippen LogP contribution in [0.1, 0.15) is 11.3 Å². The van der Waals surface area contributed by atoms with Gasteiger partial charge in [0.05, 0.1) is 13.7 Å². The standard InChI is InChI=1S/C20H19Br2NO2/c1-24-19-5-3-2-4-14(19)10-11-23-13-16-7-9-20(25-16)17-8-6-15(21)12-18(17)22/h2-9,12,23H,10-11,13H2,1H3. The summed E-state index contributed by atoms with van der Waals surface area (Å²) in [6, 6.07) is 18.2. The number of benzene rings is 2. The van der Waals surface area contributed by atoms with Gasteiger partial charge in [0.2, 0.25) is 0 Å². The van der Waals surface area contributed by atoms with Crippen molar-refractivity contribution in [2.75, 3.05) is 13.7 Å². The quantitative estimate of drug-likeness (QED) is 0.448. The van der Waals surface area contributed by atoms with E-state index in [1.807, 2.05) is 48.5 Å². The highest BCUT2D eigenvalue weighted by molar-refractivity contribution is 9.11. The molecule has 1 N–H and O–H groups in total. The Labute approximate surface area is 164 Å². The second-order valence-electron chi connectivity index (χ2n) is 5.63. The molecule has 0 atom stereocenters. The molecule has 25 heavy (non-hydrogen) atoms. The van der Waals surface area contributed by atoms with Gasteiger partial charge >= 0.3 is 0 Å². The number of hydrogen-bond donors (Lipinski definition) is 1. The van der Waals surface area contributed by atoms with Gasteiger partial charge in [0.25, 0.3) is 0 Å². The number of para-hydroxylation sites is 1. The highest BCUT2D eigenvalue weighted by atomic mass is 79.9. The van der Waals surface area contributed by atoms with Gasteiger partial charge in [-0.05, 0) is 70.9 Å². The Hall–Kier alpha value is -1.56. The van der Waals surface area contributed by atoms with Crippen molar-refractivity contribution in [3.05, 3.63) is 74.9 Å². The van der Waals surface area contributed by atoms with Crippen molar-refractivity contribution in [1.82, 2.24) is 5.32 Å². The molecule has 130 valence electrons. The highest BCUT2D eigenvalue weighted by Crippen LogP contribution is 2.31. The van der Waals surface area contributed by atoms with Crippen molar-refractivity contribution in [3.63, 3.8) is 0 Å². The molecular formula is C20H19Br2NO2. The Bertz CT molecular complexity index is 845. The molecule has 0 saturated heterocycles. The van der Waals surface area contributed by atoms with Crippen LogP contribution in [0.25, 0.3) is 11.3 Å². The fourth-order valence-corrected chi connectivity index (χ4v) is 3.89. The number of methoxy groups -OCH3 is 1. The number of halogens is 2. The Kier molecular flexibility index (Phi) is 6.34. The maximum absolute atomic E-state index is 5.96. The lowest BCUT2D eigenvalue weighted by atomic mass is 10.1.